The molecule has 1 heterocycles. The first-order valence-corrected chi connectivity index (χ1v) is 10.6. The van der Waals surface area contributed by atoms with Crippen molar-refractivity contribution in [3.05, 3.63) is 62.7 Å². The molecule has 1 aliphatic heterocycles. The number of methoxy groups -OCH3 is 1. The number of imide groups is 1. The normalized spacial score (nSPS) is 16.0. The van der Waals surface area contributed by atoms with E-state index >= 15 is 0 Å². The summed E-state index contributed by atoms with van der Waals surface area (Å²) >= 11 is 9.76. The summed E-state index contributed by atoms with van der Waals surface area (Å²) in [4.78, 5) is 26.2. The van der Waals surface area contributed by atoms with E-state index in [0.717, 1.165) is 21.4 Å². The zero-order valence-electron chi connectivity index (χ0n) is 16.9. The van der Waals surface area contributed by atoms with Crippen molar-refractivity contribution < 1.29 is 19.1 Å². The van der Waals surface area contributed by atoms with Crippen LogP contribution in [0.2, 0.25) is 5.02 Å². The highest BCUT2D eigenvalue weighted by Gasteiger charge is 2.33. The maximum Gasteiger partial charge on any atom is 0.329 e. The largest absolute Gasteiger partial charge is 0.493 e. The molecule has 0 unspecified atom stereocenters. The highest BCUT2D eigenvalue weighted by molar-refractivity contribution is 9.10. The zero-order valence-corrected chi connectivity index (χ0v) is 19.2. The smallest absolute Gasteiger partial charge is 0.329 e. The van der Waals surface area contributed by atoms with Crippen LogP contribution < -0.4 is 14.8 Å². The number of rotatable bonds is 7. The van der Waals surface area contributed by atoms with Crippen molar-refractivity contribution >= 4 is 45.5 Å². The molecular formula is C22H22BrClN2O4. The average Bonchev–Trinajstić information content (AvgIpc) is 2.98. The van der Waals surface area contributed by atoms with Gasteiger partial charge in [-0.2, -0.15) is 0 Å². The SMILES string of the molecule is CC[C@H](C)Oc1c(Cl)cc(/C=C2/NC(=O)N(Cc3ccc(Br)cc3)C2=O)cc1OC. The van der Waals surface area contributed by atoms with Gasteiger partial charge in [0.15, 0.2) is 11.5 Å². The molecule has 0 saturated carbocycles. The summed E-state index contributed by atoms with van der Waals surface area (Å²) < 4.78 is 12.2. The van der Waals surface area contributed by atoms with E-state index in [1.807, 2.05) is 38.1 Å². The number of carbonyl (C=O) groups excluding carboxylic acids is 2. The molecule has 2 aromatic carbocycles. The fraction of sp³-hybridized carbons (Fsp3) is 0.273. The van der Waals surface area contributed by atoms with Crippen molar-refractivity contribution in [3.8, 4) is 11.5 Å². The van der Waals surface area contributed by atoms with Crippen molar-refractivity contribution in [1.29, 1.82) is 0 Å². The third-order valence-electron chi connectivity index (χ3n) is 4.67. The second kappa shape index (κ2) is 9.53. The number of carbonyl (C=O) groups is 2. The van der Waals surface area contributed by atoms with E-state index in [0.29, 0.717) is 22.1 Å². The minimum absolute atomic E-state index is 0.0246. The monoisotopic (exact) mass is 492 g/mol. The van der Waals surface area contributed by atoms with Crippen LogP contribution in [0.25, 0.3) is 6.08 Å². The van der Waals surface area contributed by atoms with Crippen molar-refractivity contribution in [1.82, 2.24) is 10.2 Å². The molecule has 3 rings (SSSR count). The van der Waals surface area contributed by atoms with Gasteiger partial charge in [-0.05, 0) is 54.8 Å². The van der Waals surface area contributed by atoms with Crippen molar-refractivity contribution in [2.24, 2.45) is 0 Å². The maximum absolute atomic E-state index is 12.8. The lowest BCUT2D eigenvalue weighted by Gasteiger charge is -2.17. The predicted octanol–water partition coefficient (Wildman–Crippen LogP) is 5.38. The standard InChI is InChI=1S/C22H22BrClN2O4/c1-4-13(2)30-20-17(24)9-15(11-19(20)29-3)10-18-21(27)26(22(28)25-18)12-14-5-7-16(23)8-6-14/h5-11,13H,4,12H2,1-3H3,(H,25,28)/b18-10+/t13-/m0/s1. The van der Waals surface area contributed by atoms with E-state index < -0.39 is 11.9 Å². The van der Waals surface area contributed by atoms with E-state index in [1.165, 1.54) is 7.11 Å². The summed E-state index contributed by atoms with van der Waals surface area (Å²) in [5.41, 5.74) is 1.63. The second-order valence-electron chi connectivity index (χ2n) is 6.88. The van der Waals surface area contributed by atoms with Crippen molar-refractivity contribution in [2.75, 3.05) is 7.11 Å². The van der Waals surface area contributed by atoms with Crippen molar-refractivity contribution in [2.45, 2.75) is 32.9 Å². The highest BCUT2D eigenvalue weighted by Crippen LogP contribution is 2.38. The molecule has 1 N–H and O–H groups in total. The molecule has 0 spiro atoms. The van der Waals surface area contributed by atoms with Crippen LogP contribution in [0.4, 0.5) is 4.79 Å². The topological polar surface area (TPSA) is 67.9 Å². The second-order valence-corrected chi connectivity index (χ2v) is 8.20. The Morgan fingerprint density at radius 2 is 1.93 bits per heavy atom. The minimum Gasteiger partial charge on any atom is -0.493 e. The Bertz CT molecular complexity index is 991. The third-order valence-corrected chi connectivity index (χ3v) is 5.48. The number of nitrogens with zero attached hydrogens (tertiary/aromatic N) is 1. The summed E-state index contributed by atoms with van der Waals surface area (Å²) in [6, 6.07) is 10.4. The zero-order chi connectivity index (χ0) is 21.8. The van der Waals surface area contributed by atoms with E-state index in [2.05, 4.69) is 21.2 Å². The highest BCUT2D eigenvalue weighted by atomic mass is 79.9. The fourth-order valence-corrected chi connectivity index (χ4v) is 3.40. The molecular weight excluding hydrogens is 472 g/mol. The summed E-state index contributed by atoms with van der Waals surface area (Å²) in [5, 5.41) is 2.99. The van der Waals surface area contributed by atoms with Crippen LogP contribution in [-0.2, 0) is 11.3 Å². The molecule has 0 aromatic heterocycles. The number of amides is 3. The van der Waals surface area contributed by atoms with Gasteiger partial charge in [-0.3, -0.25) is 9.69 Å². The molecule has 1 saturated heterocycles. The molecule has 158 valence electrons. The van der Waals surface area contributed by atoms with Gasteiger partial charge in [0.2, 0.25) is 0 Å². The van der Waals surface area contributed by atoms with E-state index in [9.17, 15) is 9.59 Å². The molecule has 6 nitrogen and oxygen atoms in total. The summed E-state index contributed by atoms with van der Waals surface area (Å²) in [6.45, 7) is 4.14. The molecule has 1 fully saturated rings. The molecule has 8 heteroatoms. The number of nitrogens with one attached hydrogen (secondary N) is 1. The van der Waals surface area contributed by atoms with Gasteiger partial charge in [-0.15, -0.1) is 0 Å². The van der Waals surface area contributed by atoms with E-state index in [4.69, 9.17) is 21.1 Å². The van der Waals surface area contributed by atoms with Crippen LogP contribution in [0.15, 0.2) is 46.6 Å². The summed E-state index contributed by atoms with van der Waals surface area (Å²) in [5.74, 6) is 0.505. The Morgan fingerprint density at radius 3 is 2.57 bits per heavy atom. The molecule has 1 atom stereocenters. The molecule has 0 aliphatic carbocycles. The lowest BCUT2D eigenvalue weighted by Crippen LogP contribution is -2.30. The van der Waals surface area contributed by atoms with Gasteiger partial charge >= 0.3 is 6.03 Å². The fourth-order valence-electron chi connectivity index (χ4n) is 2.88. The number of benzene rings is 2. The van der Waals surface area contributed by atoms with Crippen LogP contribution >= 0.6 is 27.5 Å². The predicted molar refractivity (Wildman–Crippen MR) is 120 cm³/mol. The Hall–Kier alpha value is -2.51. The van der Waals surface area contributed by atoms with Crippen LogP contribution in [0.1, 0.15) is 31.4 Å². The summed E-state index contributed by atoms with van der Waals surface area (Å²) in [7, 11) is 1.52. The van der Waals surface area contributed by atoms with Gasteiger partial charge in [0.1, 0.15) is 5.70 Å². The first kappa shape index (κ1) is 22.2. The Labute approximate surface area is 188 Å². The molecule has 30 heavy (non-hydrogen) atoms. The molecule has 2 aromatic rings. The number of hydrogen-bond donors (Lipinski definition) is 1. The molecule has 3 amide bonds. The Morgan fingerprint density at radius 1 is 1.23 bits per heavy atom. The van der Waals surface area contributed by atoms with Gasteiger partial charge in [-0.1, -0.05) is 46.6 Å². The lowest BCUT2D eigenvalue weighted by atomic mass is 10.1. The van der Waals surface area contributed by atoms with E-state index in [-0.39, 0.29) is 18.3 Å². The van der Waals surface area contributed by atoms with Crippen LogP contribution in [0.3, 0.4) is 0 Å². The van der Waals surface area contributed by atoms with Gasteiger partial charge in [0, 0.05) is 4.47 Å². The van der Waals surface area contributed by atoms with Crippen LogP contribution in [0.5, 0.6) is 11.5 Å². The lowest BCUT2D eigenvalue weighted by molar-refractivity contribution is -0.123. The quantitative estimate of drug-likeness (QED) is 0.415. The third kappa shape index (κ3) is 4.96. The van der Waals surface area contributed by atoms with Crippen LogP contribution in [0, 0.1) is 0 Å². The number of hydrogen-bond acceptors (Lipinski definition) is 4. The molecule has 1 aliphatic rings. The van der Waals surface area contributed by atoms with Gasteiger partial charge < -0.3 is 14.8 Å². The van der Waals surface area contributed by atoms with Gasteiger partial charge in [0.05, 0.1) is 24.8 Å². The summed E-state index contributed by atoms with van der Waals surface area (Å²) in [6.07, 6.45) is 2.37. The molecule has 0 bridgehead atoms. The maximum atomic E-state index is 12.8. The van der Waals surface area contributed by atoms with Crippen molar-refractivity contribution in [3.63, 3.8) is 0 Å². The number of ether oxygens (including phenoxy) is 2. The minimum atomic E-state index is -0.469. The average molecular weight is 494 g/mol. The number of halogens is 2. The van der Waals surface area contributed by atoms with Gasteiger partial charge in [0.25, 0.3) is 5.91 Å². The Balaban J connectivity index is 1.84. The first-order chi connectivity index (χ1) is 14.3. The van der Waals surface area contributed by atoms with Crippen LogP contribution in [-0.4, -0.2) is 30.1 Å². The Kier molecular flexibility index (Phi) is 7.05. The van der Waals surface area contributed by atoms with Gasteiger partial charge in [-0.25, -0.2) is 4.79 Å². The van der Waals surface area contributed by atoms with E-state index in [1.54, 1.807) is 18.2 Å². The molecule has 0 radical (unpaired) electrons. The number of urea groups is 1. The first-order valence-electron chi connectivity index (χ1n) is 9.45.